The van der Waals surface area contributed by atoms with Crippen LogP contribution in [-0.4, -0.2) is 28.6 Å². The Labute approximate surface area is 105 Å². The van der Waals surface area contributed by atoms with Crippen LogP contribution < -0.4 is 5.32 Å². The van der Waals surface area contributed by atoms with Gasteiger partial charge in [-0.3, -0.25) is 14.9 Å². The molecule has 6 heteroatoms. The fourth-order valence-corrected chi connectivity index (χ4v) is 1.52. The highest BCUT2D eigenvalue weighted by molar-refractivity contribution is 5.95. The number of amides is 1. The summed E-state index contributed by atoms with van der Waals surface area (Å²) in [4.78, 5) is 22.0. The first kappa shape index (κ1) is 14.1. The molecular formula is C12H16N2O4. The number of hydrogen-bond donors (Lipinski definition) is 2. The van der Waals surface area contributed by atoms with E-state index in [9.17, 15) is 14.9 Å². The highest BCUT2D eigenvalue weighted by Gasteiger charge is 2.16. The molecule has 2 N–H and O–H groups in total. The summed E-state index contributed by atoms with van der Waals surface area (Å²) in [6.45, 7) is 3.47. The molecule has 1 aromatic rings. The molecule has 1 atom stereocenters. The van der Waals surface area contributed by atoms with Gasteiger partial charge in [0, 0.05) is 23.7 Å². The number of benzene rings is 1. The Hall–Kier alpha value is -1.95. The molecule has 0 fully saturated rings. The van der Waals surface area contributed by atoms with Crippen molar-refractivity contribution in [1.29, 1.82) is 0 Å². The Balaban J connectivity index is 2.94. The van der Waals surface area contributed by atoms with Gasteiger partial charge in [0.1, 0.15) is 0 Å². The zero-order chi connectivity index (χ0) is 13.7. The minimum absolute atomic E-state index is 0.0535. The van der Waals surface area contributed by atoms with Crippen LogP contribution in [0.1, 0.15) is 29.8 Å². The average Bonchev–Trinajstić information content (AvgIpc) is 2.34. The summed E-state index contributed by atoms with van der Waals surface area (Å²) in [5, 5.41) is 22.4. The maximum atomic E-state index is 11.7. The van der Waals surface area contributed by atoms with Crippen molar-refractivity contribution in [3.8, 4) is 0 Å². The van der Waals surface area contributed by atoms with Gasteiger partial charge in [-0.2, -0.15) is 0 Å². The number of aliphatic hydroxyl groups is 1. The van der Waals surface area contributed by atoms with Crippen LogP contribution in [0.2, 0.25) is 0 Å². The SMILES string of the molecule is CCc1ccc(C(=O)NCC(C)O)cc1[N+](=O)[O-]. The lowest BCUT2D eigenvalue weighted by molar-refractivity contribution is -0.385. The monoisotopic (exact) mass is 252 g/mol. The van der Waals surface area contributed by atoms with Crippen molar-refractivity contribution in [2.24, 2.45) is 0 Å². The summed E-state index contributed by atoms with van der Waals surface area (Å²) in [5.74, 6) is -0.429. The molecule has 98 valence electrons. The predicted octanol–water partition coefficient (Wildman–Crippen LogP) is 1.27. The van der Waals surface area contributed by atoms with Crippen molar-refractivity contribution < 1.29 is 14.8 Å². The zero-order valence-corrected chi connectivity index (χ0v) is 10.3. The van der Waals surface area contributed by atoms with Gasteiger partial charge in [0.2, 0.25) is 0 Å². The average molecular weight is 252 g/mol. The van der Waals surface area contributed by atoms with Gasteiger partial charge in [-0.1, -0.05) is 13.0 Å². The third-order valence-corrected chi connectivity index (χ3v) is 2.48. The van der Waals surface area contributed by atoms with Crippen molar-refractivity contribution >= 4 is 11.6 Å². The Morgan fingerprint density at radius 3 is 2.72 bits per heavy atom. The molecular weight excluding hydrogens is 236 g/mol. The molecule has 0 aliphatic carbocycles. The molecule has 0 aliphatic rings. The van der Waals surface area contributed by atoms with Crippen LogP contribution in [0, 0.1) is 10.1 Å². The number of nitro groups is 1. The Morgan fingerprint density at radius 1 is 1.56 bits per heavy atom. The van der Waals surface area contributed by atoms with Gasteiger partial charge in [-0.05, 0) is 19.4 Å². The van der Waals surface area contributed by atoms with E-state index in [1.807, 2.05) is 6.92 Å². The van der Waals surface area contributed by atoms with Crippen molar-refractivity contribution in [1.82, 2.24) is 5.32 Å². The molecule has 18 heavy (non-hydrogen) atoms. The number of carbonyl (C=O) groups is 1. The maximum absolute atomic E-state index is 11.7. The minimum atomic E-state index is -0.654. The first-order chi connectivity index (χ1) is 8.45. The van der Waals surface area contributed by atoms with Gasteiger partial charge in [0.05, 0.1) is 11.0 Å². The van der Waals surface area contributed by atoms with E-state index in [2.05, 4.69) is 5.32 Å². The molecule has 1 aromatic carbocycles. The number of aliphatic hydroxyl groups excluding tert-OH is 1. The van der Waals surface area contributed by atoms with Gasteiger partial charge in [-0.25, -0.2) is 0 Å². The van der Waals surface area contributed by atoms with E-state index in [4.69, 9.17) is 5.11 Å². The van der Waals surface area contributed by atoms with Crippen LogP contribution in [0.15, 0.2) is 18.2 Å². The topological polar surface area (TPSA) is 92.5 Å². The molecule has 0 spiro atoms. The van der Waals surface area contributed by atoms with E-state index >= 15 is 0 Å². The normalized spacial score (nSPS) is 11.9. The van der Waals surface area contributed by atoms with E-state index in [1.54, 1.807) is 19.1 Å². The molecule has 0 radical (unpaired) electrons. The molecule has 0 bridgehead atoms. The molecule has 0 saturated carbocycles. The van der Waals surface area contributed by atoms with Crippen LogP contribution in [0.25, 0.3) is 0 Å². The lowest BCUT2D eigenvalue weighted by Gasteiger charge is -2.08. The Bertz CT molecular complexity index is 457. The summed E-state index contributed by atoms with van der Waals surface area (Å²) >= 11 is 0. The van der Waals surface area contributed by atoms with E-state index in [0.29, 0.717) is 12.0 Å². The predicted molar refractivity (Wildman–Crippen MR) is 66.5 cm³/mol. The molecule has 6 nitrogen and oxygen atoms in total. The summed E-state index contributed by atoms with van der Waals surface area (Å²) in [5.41, 5.74) is 0.758. The van der Waals surface area contributed by atoms with Crippen LogP contribution in [-0.2, 0) is 6.42 Å². The number of nitro benzene ring substituents is 1. The number of nitrogens with one attached hydrogen (secondary N) is 1. The lowest BCUT2D eigenvalue weighted by atomic mass is 10.1. The van der Waals surface area contributed by atoms with Crippen LogP contribution in [0.5, 0.6) is 0 Å². The zero-order valence-electron chi connectivity index (χ0n) is 10.3. The molecule has 1 unspecified atom stereocenters. The number of rotatable bonds is 5. The van der Waals surface area contributed by atoms with Crippen LogP contribution in [0.4, 0.5) is 5.69 Å². The third-order valence-electron chi connectivity index (χ3n) is 2.48. The highest BCUT2D eigenvalue weighted by atomic mass is 16.6. The van der Waals surface area contributed by atoms with Crippen LogP contribution in [0.3, 0.4) is 0 Å². The second kappa shape index (κ2) is 6.11. The number of aryl methyl sites for hydroxylation is 1. The van der Waals surface area contributed by atoms with Crippen molar-refractivity contribution in [2.75, 3.05) is 6.54 Å². The quantitative estimate of drug-likeness (QED) is 0.609. The summed E-state index contributed by atoms with van der Waals surface area (Å²) in [7, 11) is 0. The van der Waals surface area contributed by atoms with Crippen LogP contribution >= 0.6 is 0 Å². The molecule has 0 aliphatic heterocycles. The van der Waals surface area contributed by atoms with E-state index in [1.165, 1.54) is 6.07 Å². The van der Waals surface area contributed by atoms with Gasteiger partial charge in [0.25, 0.3) is 11.6 Å². The van der Waals surface area contributed by atoms with Crippen molar-refractivity contribution in [3.05, 3.63) is 39.4 Å². The van der Waals surface area contributed by atoms with Crippen molar-refractivity contribution in [3.63, 3.8) is 0 Å². The maximum Gasteiger partial charge on any atom is 0.273 e. The van der Waals surface area contributed by atoms with Gasteiger partial charge in [0.15, 0.2) is 0 Å². The molecule has 0 aromatic heterocycles. The standard InChI is InChI=1S/C12H16N2O4/c1-3-9-4-5-10(6-11(9)14(17)18)12(16)13-7-8(2)15/h4-6,8,15H,3,7H2,1-2H3,(H,13,16). The summed E-state index contributed by atoms with van der Waals surface area (Å²) in [6, 6.07) is 4.38. The second-order valence-electron chi connectivity index (χ2n) is 4.01. The first-order valence-electron chi connectivity index (χ1n) is 5.69. The smallest absolute Gasteiger partial charge is 0.273 e. The van der Waals surface area contributed by atoms with Gasteiger partial charge >= 0.3 is 0 Å². The fourth-order valence-electron chi connectivity index (χ4n) is 1.52. The van der Waals surface area contributed by atoms with Gasteiger partial charge < -0.3 is 10.4 Å². The Kier molecular flexibility index (Phi) is 4.79. The van der Waals surface area contributed by atoms with E-state index < -0.39 is 16.9 Å². The summed E-state index contributed by atoms with van der Waals surface area (Å²) in [6.07, 6.45) is -0.120. The lowest BCUT2D eigenvalue weighted by Crippen LogP contribution is -2.30. The van der Waals surface area contributed by atoms with Crippen molar-refractivity contribution in [2.45, 2.75) is 26.4 Å². The summed E-state index contributed by atoms with van der Waals surface area (Å²) < 4.78 is 0. The first-order valence-corrected chi connectivity index (χ1v) is 5.69. The second-order valence-corrected chi connectivity index (χ2v) is 4.01. The molecule has 0 saturated heterocycles. The van der Waals surface area contributed by atoms with E-state index in [0.717, 1.165) is 0 Å². The highest BCUT2D eigenvalue weighted by Crippen LogP contribution is 2.20. The number of nitrogens with zero attached hydrogens (tertiary/aromatic N) is 1. The third kappa shape index (κ3) is 3.53. The fraction of sp³-hybridized carbons (Fsp3) is 0.417. The number of hydrogen-bond acceptors (Lipinski definition) is 4. The van der Waals surface area contributed by atoms with E-state index in [-0.39, 0.29) is 17.8 Å². The molecule has 1 rings (SSSR count). The number of carbonyl (C=O) groups excluding carboxylic acids is 1. The molecule has 1 amide bonds. The largest absolute Gasteiger partial charge is 0.392 e. The minimum Gasteiger partial charge on any atom is -0.392 e. The Morgan fingerprint density at radius 2 is 2.22 bits per heavy atom. The van der Waals surface area contributed by atoms with Gasteiger partial charge in [-0.15, -0.1) is 0 Å². The molecule has 0 heterocycles.